The highest BCUT2D eigenvalue weighted by Crippen LogP contribution is 2.25. The molecule has 0 fully saturated rings. The van der Waals surface area contributed by atoms with Crippen LogP contribution in [0.15, 0.2) is 62.9 Å². The number of sulfone groups is 1. The summed E-state index contributed by atoms with van der Waals surface area (Å²) in [4.78, 5) is 12.1. The molecule has 138 valence electrons. The van der Waals surface area contributed by atoms with Crippen LogP contribution in [0.25, 0.3) is 0 Å². The second-order valence-electron chi connectivity index (χ2n) is 5.21. The number of carbonyl (C=O) groups excluding carboxylic acids is 1. The maximum Gasteiger partial charge on any atom is 0.324 e. The third-order valence-corrected chi connectivity index (χ3v) is 5.69. The van der Waals surface area contributed by atoms with Gasteiger partial charge in [-0.15, -0.1) is 0 Å². The molecule has 0 spiro atoms. The van der Waals surface area contributed by atoms with Crippen LogP contribution in [0.3, 0.4) is 0 Å². The van der Waals surface area contributed by atoms with Crippen molar-refractivity contribution in [2.75, 3.05) is 12.4 Å². The van der Waals surface area contributed by atoms with Gasteiger partial charge in [0, 0.05) is 5.69 Å². The summed E-state index contributed by atoms with van der Waals surface area (Å²) in [6, 6.07) is 11.7. The topological polar surface area (TPSA) is 84.5 Å². The molecule has 2 rings (SSSR count). The first-order valence-electron chi connectivity index (χ1n) is 7.33. The summed E-state index contributed by atoms with van der Waals surface area (Å²) >= 11 is 11.4. The first kappa shape index (κ1) is 20.1. The maximum atomic E-state index is 12.7. The van der Waals surface area contributed by atoms with Crippen molar-refractivity contribution in [3.05, 3.63) is 63.6 Å². The summed E-state index contributed by atoms with van der Waals surface area (Å²) in [5.41, 5.74) is 1.32. The number of methoxy groups -OCH3 is 1. The van der Waals surface area contributed by atoms with Crippen LogP contribution in [-0.2, 0) is 9.84 Å². The molecular formula is C17H16Cl2N2O4S. The van der Waals surface area contributed by atoms with E-state index in [-0.39, 0.29) is 4.90 Å². The van der Waals surface area contributed by atoms with E-state index in [0.29, 0.717) is 11.4 Å². The van der Waals surface area contributed by atoms with Gasteiger partial charge in [0.05, 0.1) is 12.0 Å². The second kappa shape index (κ2) is 8.44. The van der Waals surface area contributed by atoms with E-state index >= 15 is 0 Å². The van der Waals surface area contributed by atoms with Gasteiger partial charge in [0.2, 0.25) is 9.84 Å². The number of urea groups is 1. The highest BCUT2D eigenvalue weighted by atomic mass is 35.5. The third-order valence-electron chi connectivity index (χ3n) is 3.35. The van der Waals surface area contributed by atoms with Gasteiger partial charge in [0.25, 0.3) is 0 Å². The van der Waals surface area contributed by atoms with E-state index in [0.717, 1.165) is 5.56 Å². The lowest BCUT2D eigenvalue weighted by molar-refractivity contribution is 0.254. The number of hydrogen-bond acceptors (Lipinski definition) is 4. The van der Waals surface area contributed by atoms with E-state index in [1.54, 1.807) is 36.4 Å². The molecule has 2 aromatic rings. The summed E-state index contributed by atoms with van der Waals surface area (Å²) in [6.07, 6.45) is 0. The Kier molecular flexibility index (Phi) is 6.52. The highest BCUT2D eigenvalue weighted by Gasteiger charge is 2.25. The summed E-state index contributed by atoms with van der Waals surface area (Å²) in [5, 5.41) is 4.08. The second-order valence-corrected chi connectivity index (χ2v) is 8.05. The molecule has 0 saturated carbocycles. The van der Waals surface area contributed by atoms with Gasteiger partial charge in [0.15, 0.2) is 5.03 Å². The normalized spacial score (nSPS) is 10.8. The van der Waals surface area contributed by atoms with Crippen molar-refractivity contribution in [1.82, 2.24) is 5.32 Å². The summed E-state index contributed by atoms with van der Waals surface area (Å²) in [7, 11) is -2.57. The Morgan fingerprint density at radius 2 is 1.58 bits per heavy atom. The van der Waals surface area contributed by atoms with Crippen LogP contribution in [0, 0.1) is 6.92 Å². The van der Waals surface area contributed by atoms with Gasteiger partial charge >= 0.3 is 6.03 Å². The predicted molar refractivity (Wildman–Crippen MR) is 102 cm³/mol. The number of aryl methyl sites for hydroxylation is 1. The number of benzene rings is 2. The molecule has 0 unspecified atom stereocenters. The Morgan fingerprint density at radius 3 is 2.08 bits per heavy atom. The number of halogens is 2. The van der Waals surface area contributed by atoms with Gasteiger partial charge in [0.1, 0.15) is 10.2 Å². The quantitative estimate of drug-likeness (QED) is 0.767. The molecule has 0 aliphatic heterocycles. The van der Waals surface area contributed by atoms with Crippen molar-refractivity contribution in [2.45, 2.75) is 11.8 Å². The average Bonchev–Trinajstić information content (AvgIpc) is 2.60. The number of nitrogens with one attached hydrogen (secondary N) is 2. The summed E-state index contributed by atoms with van der Waals surface area (Å²) < 4.78 is 29.8. The minimum Gasteiger partial charge on any atom is -0.497 e. The third kappa shape index (κ3) is 4.91. The number of anilines is 1. The number of ether oxygens (including phenoxy) is 1. The standard InChI is InChI=1S/C17H16Cl2N2O4S/c1-11-3-9-14(10-4-11)26(23,24)16(15(18)19)21-17(22)20-12-5-7-13(25-2)8-6-12/h3-10H,1-2H3,(H2,20,21,22). The molecule has 9 heteroatoms. The summed E-state index contributed by atoms with van der Waals surface area (Å²) in [5.74, 6) is 0.613. The monoisotopic (exact) mass is 414 g/mol. The van der Waals surface area contributed by atoms with E-state index in [2.05, 4.69) is 10.6 Å². The molecule has 0 saturated heterocycles. The molecule has 0 bridgehead atoms. The minimum absolute atomic E-state index is 0.0401. The molecule has 0 atom stereocenters. The Bertz CT molecular complexity index is 920. The van der Waals surface area contributed by atoms with Crippen LogP contribution in [0.1, 0.15) is 5.56 Å². The van der Waals surface area contributed by atoms with Crippen LogP contribution in [0.4, 0.5) is 10.5 Å². The van der Waals surface area contributed by atoms with Gasteiger partial charge < -0.3 is 10.1 Å². The SMILES string of the molecule is COc1ccc(NC(=O)NC(=C(Cl)Cl)S(=O)(=O)c2ccc(C)cc2)cc1. The molecule has 0 heterocycles. The molecular weight excluding hydrogens is 399 g/mol. The predicted octanol–water partition coefficient (Wildman–Crippen LogP) is 4.20. The molecule has 2 N–H and O–H groups in total. The van der Waals surface area contributed by atoms with Gasteiger partial charge in [-0.25, -0.2) is 13.2 Å². The van der Waals surface area contributed by atoms with Crippen molar-refractivity contribution in [1.29, 1.82) is 0 Å². The van der Waals surface area contributed by atoms with Crippen LogP contribution in [-0.4, -0.2) is 21.6 Å². The van der Waals surface area contributed by atoms with Crippen molar-refractivity contribution in [3.8, 4) is 5.75 Å². The van der Waals surface area contributed by atoms with E-state index in [1.165, 1.54) is 19.2 Å². The number of amides is 2. The van der Waals surface area contributed by atoms with E-state index in [4.69, 9.17) is 27.9 Å². The van der Waals surface area contributed by atoms with Gasteiger partial charge in [-0.2, -0.15) is 0 Å². The van der Waals surface area contributed by atoms with Crippen LogP contribution in [0.5, 0.6) is 5.75 Å². The average molecular weight is 415 g/mol. The van der Waals surface area contributed by atoms with Gasteiger partial charge in [-0.3, -0.25) is 5.32 Å². The van der Waals surface area contributed by atoms with Gasteiger partial charge in [-0.05, 0) is 43.3 Å². The smallest absolute Gasteiger partial charge is 0.324 e. The largest absolute Gasteiger partial charge is 0.497 e. The fourth-order valence-corrected chi connectivity index (χ4v) is 3.86. The lowest BCUT2D eigenvalue weighted by Crippen LogP contribution is -2.32. The molecule has 0 aromatic heterocycles. The van der Waals surface area contributed by atoms with Crippen LogP contribution >= 0.6 is 23.2 Å². The van der Waals surface area contributed by atoms with Crippen molar-refractivity contribution < 1.29 is 17.9 Å². The lowest BCUT2D eigenvalue weighted by Gasteiger charge is -2.13. The van der Waals surface area contributed by atoms with Crippen LogP contribution in [0.2, 0.25) is 0 Å². The first-order chi connectivity index (χ1) is 12.2. The lowest BCUT2D eigenvalue weighted by atomic mass is 10.2. The molecule has 0 aliphatic rings. The fraction of sp³-hybridized carbons (Fsp3) is 0.118. The van der Waals surface area contributed by atoms with Crippen molar-refractivity contribution in [3.63, 3.8) is 0 Å². The zero-order valence-corrected chi connectivity index (χ0v) is 16.2. The Hall–Kier alpha value is -2.22. The van der Waals surface area contributed by atoms with E-state index in [9.17, 15) is 13.2 Å². The Morgan fingerprint density at radius 1 is 1.00 bits per heavy atom. The Labute approximate surface area is 161 Å². The number of rotatable bonds is 5. The van der Waals surface area contributed by atoms with Crippen LogP contribution < -0.4 is 15.4 Å². The molecule has 2 aromatic carbocycles. The molecule has 6 nitrogen and oxygen atoms in total. The molecule has 26 heavy (non-hydrogen) atoms. The number of hydrogen-bond donors (Lipinski definition) is 2. The maximum absolute atomic E-state index is 12.7. The van der Waals surface area contributed by atoms with E-state index in [1.807, 2.05) is 6.92 Å². The first-order valence-corrected chi connectivity index (χ1v) is 9.57. The van der Waals surface area contributed by atoms with Crippen molar-refractivity contribution in [2.24, 2.45) is 0 Å². The molecule has 0 radical (unpaired) electrons. The number of carbonyl (C=O) groups is 1. The Balaban J connectivity index is 2.21. The fourth-order valence-electron chi connectivity index (χ4n) is 1.99. The molecule has 0 aliphatic carbocycles. The zero-order chi connectivity index (χ0) is 19.3. The minimum atomic E-state index is -4.09. The van der Waals surface area contributed by atoms with Gasteiger partial charge in [-0.1, -0.05) is 40.9 Å². The molecule has 2 amide bonds. The zero-order valence-electron chi connectivity index (χ0n) is 13.9. The highest BCUT2D eigenvalue weighted by molar-refractivity contribution is 7.95. The van der Waals surface area contributed by atoms with E-state index < -0.39 is 25.4 Å². The van der Waals surface area contributed by atoms with Crippen molar-refractivity contribution >= 4 is 44.8 Å². The summed E-state index contributed by atoms with van der Waals surface area (Å²) in [6.45, 7) is 1.82.